The number of aromatic nitrogens is 3. The largest absolute Gasteiger partial charge is 0.468 e. The van der Waals surface area contributed by atoms with Gasteiger partial charge in [0, 0.05) is 50.5 Å². The minimum Gasteiger partial charge on any atom is -0.468 e. The molecule has 6 rings (SSSR count). The normalized spacial score (nSPS) is 28.8. The van der Waals surface area contributed by atoms with Crippen LogP contribution in [0, 0.1) is 38.5 Å². The van der Waals surface area contributed by atoms with Gasteiger partial charge in [0.15, 0.2) is 5.78 Å². The molecule has 5 heterocycles. The number of carbonyl (C=O) groups is 2. The van der Waals surface area contributed by atoms with Crippen LogP contribution in [0.1, 0.15) is 88.1 Å². The summed E-state index contributed by atoms with van der Waals surface area (Å²) in [5.41, 5.74) is 16.3. The summed E-state index contributed by atoms with van der Waals surface area (Å²) >= 11 is 0. The number of allylic oxidation sites excluding steroid dienone is 1. The van der Waals surface area contributed by atoms with Gasteiger partial charge in [0.05, 0.1) is 24.4 Å². The minimum atomic E-state index is -1.33. The molecule has 8 bridgehead atoms. The number of nitrogens with one attached hydrogen (secondary N) is 4. The van der Waals surface area contributed by atoms with Crippen molar-refractivity contribution in [1.29, 1.82) is 0 Å². The van der Waals surface area contributed by atoms with E-state index in [2.05, 4.69) is 79.7 Å². The first kappa shape index (κ1) is 28.1. The van der Waals surface area contributed by atoms with Crippen LogP contribution < -0.4 is 21.7 Å². The highest BCUT2D eigenvalue weighted by Crippen LogP contribution is 2.50. The Labute approximate surface area is 246 Å². The van der Waals surface area contributed by atoms with Crippen LogP contribution in [-0.2, 0) is 21.5 Å². The second-order valence-corrected chi connectivity index (χ2v) is 12.1. The summed E-state index contributed by atoms with van der Waals surface area (Å²) in [6.45, 7) is 16.7. The van der Waals surface area contributed by atoms with Crippen LogP contribution in [0.15, 0.2) is 12.3 Å². The van der Waals surface area contributed by atoms with Gasteiger partial charge >= 0.3 is 5.97 Å². The van der Waals surface area contributed by atoms with E-state index >= 15 is 0 Å². The first-order chi connectivity index (χ1) is 20.0. The van der Waals surface area contributed by atoms with Crippen molar-refractivity contribution in [3.8, 4) is 0 Å². The third-order valence-electron chi connectivity index (χ3n) is 10.3. The molecule has 0 radical (unpaired) electrons. The SMILES string of the molecule is C=Cc1c2[nH]c(c1C)/C=C1\NC([C@@H](CC)[C@@H]1C)[C@@]1(N)c3[nH]c(c(C)c3C(=O)[C@@H]1C(=O)OC)/C=c1\[nH]/c(c(C)c1CC)=C\2. The standard InChI is InChI=1S/C34H41N5O3/c1-9-19-15(4)22-12-24-17(6)21(11-3)31(38-24)34(35)29(33(41)42-8)30(40)28-18(7)25(39-32(28)34)14-27-20(10-2)16(5)23(37-27)13-26(19)36-22/h9,12-14,17,21,29,31,36-39H,1,10-11,35H2,2-8H3/b23-13-,24-12-,27-14-/t17-,21-,29+,31?,34+/m0/s1. The lowest BCUT2D eigenvalue weighted by atomic mass is 9.72. The predicted molar refractivity (Wildman–Crippen MR) is 166 cm³/mol. The fraction of sp³-hybridized carbons (Fsp3) is 0.412. The fourth-order valence-corrected chi connectivity index (χ4v) is 7.84. The summed E-state index contributed by atoms with van der Waals surface area (Å²) in [5.74, 6) is -1.87. The molecule has 0 aromatic carbocycles. The molecule has 2 aliphatic heterocycles. The van der Waals surface area contributed by atoms with Gasteiger partial charge in [-0.25, -0.2) is 0 Å². The van der Waals surface area contributed by atoms with E-state index in [0.717, 1.165) is 63.0 Å². The molecule has 0 amide bonds. The van der Waals surface area contributed by atoms with E-state index in [1.165, 1.54) is 18.2 Å². The summed E-state index contributed by atoms with van der Waals surface area (Å²) in [7, 11) is 1.32. The van der Waals surface area contributed by atoms with Crippen LogP contribution in [0.5, 0.6) is 0 Å². The van der Waals surface area contributed by atoms with Crippen LogP contribution in [0.3, 0.4) is 0 Å². The monoisotopic (exact) mass is 567 g/mol. The maximum Gasteiger partial charge on any atom is 0.319 e. The number of H-pyrrole nitrogens is 3. The lowest BCUT2D eigenvalue weighted by molar-refractivity contribution is -0.146. The van der Waals surface area contributed by atoms with Gasteiger partial charge in [0.1, 0.15) is 5.92 Å². The van der Waals surface area contributed by atoms with Crippen LogP contribution >= 0.6 is 0 Å². The number of fused-ring (bicyclic) bond motifs is 8. The molecule has 3 aromatic heterocycles. The second kappa shape index (κ2) is 9.76. The zero-order valence-corrected chi connectivity index (χ0v) is 25.5. The van der Waals surface area contributed by atoms with Crippen molar-refractivity contribution < 1.29 is 14.3 Å². The zero-order valence-electron chi connectivity index (χ0n) is 25.5. The van der Waals surface area contributed by atoms with E-state index < -0.39 is 17.4 Å². The molecule has 1 fully saturated rings. The number of hydrogen-bond donors (Lipinski definition) is 5. The van der Waals surface area contributed by atoms with Crippen LogP contribution in [0.25, 0.3) is 24.3 Å². The number of aromatic amines is 3. The Kier molecular flexibility index (Phi) is 6.53. The molecule has 220 valence electrons. The summed E-state index contributed by atoms with van der Waals surface area (Å²) < 4.78 is 5.20. The number of ether oxygens (including phenoxy) is 1. The minimum absolute atomic E-state index is 0.0685. The highest BCUT2D eigenvalue weighted by molar-refractivity contribution is 6.15. The molecule has 6 N–H and O–H groups in total. The number of carbonyl (C=O) groups excluding carboxylic acids is 2. The van der Waals surface area contributed by atoms with Gasteiger partial charge in [-0.1, -0.05) is 39.8 Å². The van der Waals surface area contributed by atoms with Crippen molar-refractivity contribution in [2.24, 2.45) is 23.5 Å². The molecule has 42 heavy (non-hydrogen) atoms. The summed E-state index contributed by atoms with van der Waals surface area (Å²) in [6, 6.07) is -0.387. The average Bonchev–Trinajstić information content (AvgIpc) is 3.69. The van der Waals surface area contributed by atoms with Crippen LogP contribution in [0.4, 0.5) is 0 Å². The Hall–Kier alpha value is -4.04. The summed E-state index contributed by atoms with van der Waals surface area (Å²) in [5, 5.41) is 5.71. The summed E-state index contributed by atoms with van der Waals surface area (Å²) in [4.78, 5) is 38.2. The number of methoxy groups -OCH3 is 1. The third kappa shape index (κ3) is 3.63. The number of rotatable bonds is 4. The van der Waals surface area contributed by atoms with E-state index in [9.17, 15) is 9.59 Å². The van der Waals surface area contributed by atoms with E-state index in [0.29, 0.717) is 11.3 Å². The maximum atomic E-state index is 14.1. The molecule has 8 nitrogen and oxygen atoms in total. The smallest absolute Gasteiger partial charge is 0.319 e. The second-order valence-electron chi connectivity index (χ2n) is 12.1. The molecule has 5 atom stereocenters. The van der Waals surface area contributed by atoms with Gasteiger partial charge in [0.25, 0.3) is 0 Å². The molecule has 3 aromatic rings. The van der Waals surface area contributed by atoms with Crippen molar-refractivity contribution in [1.82, 2.24) is 20.3 Å². The van der Waals surface area contributed by atoms with E-state index in [1.807, 2.05) is 13.0 Å². The first-order valence-electron chi connectivity index (χ1n) is 14.9. The molecule has 1 saturated heterocycles. The lowest BCUT2D eigenvalue weighted by Gasteiger charge is -2.38. The summed E-state index contributed by atoms with van der Waals surface area (Å²) in [6.07, 6.45) is 9.92. The molecule has 1 aliphatic carbocycles. The quantitative estimate of drug-likeness (QED) is 0.243. The average molecular weight is 568 g/mol. The topological polar surface area (TPSA) is 129 Å². The zero-order chi connectivity index (χ0) is 30.2. The highest BCUT2D eigenvalue weighted by atomic mass is 16.5. The number of nitrogens with two attached hydrogens (primary N) is 1. The third-order valence-corrected chi connectivity index (χ3v) is 10.3. The Balaban J connectivity index is 1.73. The molecule has 0 spiro atoms. The molecule has 3 aliphatic rings. The van der Waals surface area contributed by atoms with E-state index in [4.69, 9.17) is 10.5 Å². The van der Waals surface area contributed by atoms with Crippen molar-refractivity contribution >= 4 is 36.1 Å². The molecular formula is C34H41N5O3. The van der Waals surface area contributed by atoms with Gasteiger partial charge in [-0.05, 0) is 73.6 Å². The highest BCUT2D eigenvalue weighted by Gasteiger charge is 2.63. The number of Topliss-reactive ketones (excluding diaryl/α,β-unsaturated/α-hetero) is 1. The van der Waals surface area contributed by atoms with Crippen molar-refractivity contribution in [3.63, 3.8) is 0 Å². The van der Waals surface area contributed by atoms with Gasteiger partial charge in [0.2, 0.25) is 0 Å². The Morgan fingerprint density at radius 2 is 1.71 bits per heavy atom. The van der Waals surface area contributed by atoms with Crippen molar-refractivity contribution in [2.45, 2.75) is 66.0 Å². The van der Waals surface area contributed by atoms with E-state index in [-0.39, 0.29) is 23.7 Å². The van der Waals surface area contributed by atoms with Gasteiger partial charge in [-0.3, -0.25) is 9.59 Å². The Morgan fingerprint density at radius 1 is 1.02 bits per heavy atom. The van der Waals surface area contributed by atoms with Gasteiger partial charge in [-0.2, -0.15) is 0 Å². The number of ketones is 1. The van der Waals surface area contributed by atoms with Crippen molar-refractivity contribution in [3.05, 3.63) is 79.1 Å². The first-order valence-corrected chi connectivity index (χ1v) is 14.9. The van der Waals surface area contributed by atoms with E-state index in [1.54, 1.807) is 0 Å². The van der Waals surface area contributed by atoms with Crippen molar-refractivity contribution in [2.75, 3.05) is 7.11 Å². The lowest BCUT2D eigenvalue weighted by Crippen LogP contribution is -2.60. The number of hydrogen-bond acceptors (Lipinski definition) is 5. The Morgan fingerprint density at radius 3 is 2.36 bits per heavy atom. The van der Waals surface area contributed by atoms with Gasteiger partial charge < -0.3 is 30.7 Å². The molecule has 1 unspecified atom stereocenters. The fourth-order valence-electron chi connectivity index (χ4n) is 7.84. The Bertz CT molecular complexity index is 1820. The molecular weight excluding hydrogens is 526 g/mol. The van der Waals surface area contributed by atoms with Crippen LogP contribution in [0.2, 0.25) is 0 Å². The number of esters is 1. The van der Waals surface area contributed by atoms with Gasteiger partial charge in [-0.15, -0.1) is 0 Å². The predicted octanol–water partition coefficient (Wildman–Crippen LogP) is 3.59. The van der Waals surface area contributed by atoms with Crippen LogP contribution in [-0.4, -0.2) is 39.9 Å². The molecule has 0 saturated carbocycles. The molecule has 8 heteroatoms. The maximum absolute atomic E-state index is 14.1.